The molecule has 0 aliphatic rings. The fraction of sp³-hybridized carbons (Fsp3) is 0. The average Bonchev–Trinajstić information content (AvgIpc) is 2.05. The molecule has 1 aromatic carbocycles. The van der Waals surface area contributed by atoms with Crippen LogP contribution in [0.3, 0.4) is 0 Å². The zero-order valence-electron chi connectivity index (χ0n) is 5.91. The summed E-state index contributed by atoms with van der Waals surface area (Å²) in [4.78, 5) is 11.0. The van der Waals surface area contributed by atoms with Crippen molar-refractivity contribution in [1.82, 2.24) is 0 Å². The molecular formula is C9H7OS. The number of carbonyl (C=O) groups excluding carboxylic acids is 1. The van der Waals surface area contributed by atoms with Gasteiger partial charge in [-0.1, -0.05) is 42.5 Å². The minimum atomic E-state index is -0.300. The van der Waals surface area contributed by atoms with E-state index < -0.39 is 0 Å². The summed E-state index contributed by atoms with van der Waals surface area (Å²) in [5, 5.41) is 0. The zero-order valence-corrected chi connectivity index (χ0v) is 6.73. The molecule has 11 heavy (non-hydrogen) atoms. The smallest absolute Gasteiger partial charge is 0.174 e. The van der Waals surface area contributed by atoms with Crippen LogP contribution in [0.25, 0.3) is 0 Å². The van der Waals surface area contributed by atoms with Crippen molar-refractivity contribution < 1.29 is 4.79 Å². The summed E-state index contributed by atoms with van der Waals surface area (Å²) in [5.74, 6) is -0.300. The Morgan fingerprint density at radius 2 is 1.82 bits per heavy atom. The molecule has 0 aliphatic heterocycles. The molecule has 1 nitrogen and oxygen atoms in total. The minimum Gasteiger partial charge on any atom is -0.293 e. The highest BCUT2D eigenvalue weighted by Crippen LogP contribution is 2.01. The second kappa shape index (κ2) is 3.39. The molecule has 0 bridgehead atoms. The molecule has 1 rings (SSSR count). The van der Waals surface area contributed by atoms with Gasteiger partial charge in [0, 0.05) is 6.92 Å². The predicted octanol–water partition coefficient (Wildman–Crippen LogP) is 1.81. The maximum absolute atomic E-state index is 10.7. The number of rotatable bonds is 2. The van der Waals surface area contributed by atoms with Gasteiger partial charge in [-0.15, -0.1) is 0 Å². The van der Waals surface area contributed by atoms with E-state index in [9.17, 15) is 4.79 Å². The van der Waals surface area contributed by atoms with Gasteiger partial charge in [-0.3, -0.25) is 4.79 Å². The first-order valence-electron chi connectivity index (χ1n) is 3.17. The highest BCUT2D eigenvalue weighted by Gasteiger charge is 2.03. The maximum Gasteiger partial charge on any atom is 0.174 e. The van der Waals surface area contributed by atoms with Gasteiger partial charge < -0.3 is 0 Å². The quantitative estimate of drug-likeness (QED) is 0.488. The fourth-order valence-corrected chi connectivity index (χ4v) is 0.887. The van der Waals surface area contributed by atoms with Crippen LogP contribution < -0.4 is 0 Å². The Balaban J connectivity index is 2.95. The lowest BCUT2D eigenvalue weighted by Gasteiger charge is -1.96. The third kappa shape index (κ3) is 1.95. The summed E-state index contributed by atoms with van der Waals surface area (Å²) in [6, 6.07) is 9.14. The molecule has 1 radical (unpaired) electrons. The molecule has 0 heterocycles. The first-order chi connectivity index (χ1) is 5.22. The van der Waals surface area contributed by atoms with Crippen LogP contribution in [0.4, 0.5) is 0 Å². The SMILES string of the molecule is [CH2]C(=O)C(=S)c1ccccc1. The number of ketones is 1. The van der Waals surface area contributed by atoms with Crippen LogP contribution in [0, 0.1) is 6.92 Å². The van der Waals surface area contributed by atoms with E-state index >= 15 is 0 Å². The summed E-state index contributed by atoms with van der Waals surface area (Å²) in [6.07, 6.45) is 0. The lowest BCUT2D eigenvalue weighted by atomic mass is 10.1. The molecule has 0 aliphatic carbocycles. The van der Waals surface area contributed by atoms with Gasteiger partial charge in [0.2, 0.25) is 0 Å². The van der Waals surface area contributed by atoms with E-state index in [2.05, 4.69) is 6.92 Å². The molecule has 0 saturated heterocycles. The van der Waals surface area contributed by atoms with Crippen molar-refractivity contribution in [2.24, 2.45) is 0 Å². The van der Waals surface area contributed by atoms with Crippen LogP contribution in [0.1, 0.15) is 5.56 Å². The van der Waals surface area contributed by atoms with E-state index in [1.807, 2.05) is 18.2 Å². The number of carbonyl (C=O) groups is 1. The van der Waals surface area contributed by atoms with Gasteiger partial charge in [-0.05, 0) is 5.56 Å². The van der Waals surface area contributed by atoms with Crippen molar-refractivity contribution in [2.75, 3.05) is 0 Å². The second-order valence-corrected chi connectivity index (χ2v) is 2.53. The number of hydrogen-bond acceptors (Lipinski definition) is 2. The van der Waals surface area contributed by atoms with Gasteiger partial charge in [0.15, 0.2) is 5.78 Å². The Kier molecular flexibility index (Phi) is 2.49. The molecule has 0 amide bonds. The summed E-state index contributed by atoms with van der Waals surface area (Å²) in [5.41, 5.74) is 0.766. The maximum atomic E-state index is 10.7. The number of benzene rings is 1. The highest BCUT2D eigenvalue weighted by molar-refractivity contribution is 7.82. The van der Waals surface area contributed by atoms with Gasteiger partial charge in [-0.25, -0.2) is 0 Å². The van der Waals surface area contributed by atoms with Gasteiger partial charge in [0.1, 0.15) is 0 Å². The molecule has 0 atom stereocenters. The molecule has 0 fully saturated rings. The first kappa shape index (κ1) is 8.08. The van der Waals surface area contributed by atoms with E-state index in [0.29, 0.717) is 4.86 Å². The molecule has 2 heteroatoms. The van der Waals surface area contributed by atoms with Gasteiger partial charge in [0.05, 0.1) is 4.86 Å². The predicted molar refractivity (Wildman–Crippen MR) is 48.5 cm³/mol. The summed E-state index contributed by atoms with van der Waals surface area (Å²) in [6.45, 7) is 3.23. The van der Waals surface area contributed by atoms with Crippen LogP contribution in [0.15, 0.2) is 30.3 Å². The van der Waals surface area contributed by atoms with Crippen molar-refractivity contribution in [1.29, 1.82) is 0 Å². The van der Waals surface area contributed by atoms with Gasteiger partial charge in [-0.2, -0.15) is 0 Å². The first-order valence-corrected chi connectivity index (χ1v) is 3.58. The average molecular weight is 163 g/mol. The van der Waals surface area contributed by atoms with E-state index in [1.54, 1.807) is 12.1 Å². The summed E-state index contributed by atoms with van der Waals surface area (Å²) < 4.78 is 0. The number of hydrogen-bond donors (Lipinski definition) is 0. The number of thiocarbonyl (C=S) groups is 1. The lowest BCUT2D eigenvalue weighted by Crippen LogP contribution is -2.07. The Morgan fingerprint density at radius 3 is 2.27 bits per heavy atom. The van der Waals surface area contributed by atoms with E-state index in [0.717, 1.165) is 5.56 Å². The van der Waals surface area contributed by atoms with Crippen LogP contribution in [-0.2, 0) is 4.79 Å². The largest absolute Gasteiger partial charge is 0.293 e. The third-order valence-corrected chi connectivity index (χ3v) is 1.75. The normalized spacial score (nSPS) is 9.18. The van der Waals surface area contributed by atoms with Crippen LogP contribution >= 0.6 is 12.2 Å². The minimum absolute atomic E-state index is 0.297. The Bertz CT molecular complexity index is 277. The van der Waals surface area contributed by atoms with Crippen molar-refractivity contribution in [3.05, 3.63) is 42.8 Å². The van der Waals surface area contributed by atoms with Gasteiger partial charge in [0.25, 0.3) is 0 Å². The molecule has 0 spiro atoms. The van der Waals surface area contributed by atoms with Crippen molar-refractivity contribution in [3.8, 4) is 0 Å². The monoisotopic (exact) mass is 163 g/mol. The topological polar surface area (TPSA) is 17.1 Å². The molecule has 0 aromatic heterocycles. The summed E-state index contributed by atoms with van der Waals surface area (Å²) in [7, 11) is 0. The Labute approximate surface area is 71.0 Å². The number of Topliss-reactive ketones (excluding diaryl/α,β-unsaturated/α-hetero) is 1. The Hall–Kier alpha value is -1.02. The molecular weight excluding hydrogens is 156 g/mol. The fourth-order valence-electron chi connectivity index (χ4n) is 0.751. The zero-order chi connectivity index (χ0) is 8.27. The molecule has 0 N–H and O–H groups in total. The van der Waals surface area contributed by atoms with E-state index in [-0.39, 0.29) is 5.78 Å². The standard InChI is InChI=1S/C9H7OS/c1-7(10)9(11)8-5-3-2-4-6-8/h2-6H,1H2. The second-order valence-electron chi connectivity index (χ2n) is 2.12. The third-order valence-electron chi connectivity index (χ3n) is 1.29. The van der Waals surface area contributed by atoms with Crippen LogP contribution in [-0.4, -0.2) is 10.6 Å². The van der Waals surface area contributed by atoms with E-state index in [4.69, 9.17) is 12.2 Å². The van der Waals surface area contributed by atoms with Crippen LogP contribution in [0.5, 0.6) is 0 Å². The molecule has 1 aromatic rings. The molecule has 0 saturated carbocycles. The Morgan fingerprint density at radius 1 is 1.27 bits per heavy atom. The summed E-state index contributed by atoms with van der Waals surface area (Å²) >= 11 is 4.83. The van der Waals surface area contributed by atoms with Crippen molar-refractivity contribution in [3.63, 3.8) is 0 Å². The highest BCUT2D eigenvalue weighted by atomic mass is 32.1. The van der Waals surface area contributed by atoms with Gasteiger partial charge >= 0.3 is 0 Å². The molecule has 55 valence electrons. The van der Waals surface area contributed by atoms with Crippen LogP contribution in [0.2, 0.25) is 0 Å². The molecule has 0 unspecified atom stereocenters. The lowest BCUT2D eigenvalue weighted by molar-refractivity contribution is -0.108. The van der Waals surface area contributed by atoms with Crippen molar-refractivity contribution >= 4 is 22.9 Å². The van der Waals surface area contributed by atoms with E-state index in [1.165, 1.54) is 0 Å². The van der Waals surface area contributed by atoms with Crippen molar-refractivity contribution in [2.45, 2.75) is 0 Å².